The predicted molar refractivity (Wildman–Crippen MR) is 117 cm³/mol. The van der Waals surface area contributed by atoms with Crippen molar-refractivity contribution in [1.82, 2.24) is 10.2 Å². The number of amides is 2. The molecule has 2 aromatic rings. The fourth-order valence-corrected chi connectivity index (χ4v) is 4.59. The number of benzene rings is 2. The maximum Gasteiger partial charge on any atom is 0.253 e. The molecule has 5 nitrogen and oxygen atoms in total. The molecule has 2 fully saturated rings. The highest BCUT2D eigenvalue weighted by Crippen LogP contribution is 2.30. The van der Waals surface area contributed by atoms with Gasteiger partial charge in [-0.15, -0.1) is 0 Å². The number of likely N-dealkylation sites (tertiary alicyclic amines) is 1. The molecule has 0 radical (unpaired) electrons. The molecular weight excluding hydrogens is 376 g/mol. The number of carbonyl (C=O) groups is 2. The zero-order valence-electron chi connectivity index (χ0n) is 17.6. The summed E-state index contributed by atoms with van der Waals surface area (Å²) >= 11 is 0. The predicted octanol–water partition coefficient (Wildman–Crippen LogP) is 4.27. The number of para-hydroxylation sites is 1. The topological polar surface area (TPSA) is 58.6 Å². The Balaban J connectivity index is 1.34. The van der Waals surface area contributed by atoms with Gasteiger partial charge in [0.1, 0.15) is 5.75 Å². The Labute approximate surface area is 178 Å². The van der Waals surface area contributed by atoms with Crippen LogP contribution in [0.4, 0.5) is 0 Å². The van der Waals surface area contributed by atoms with E-state index < -0.39 is 0 Å². The minimum absolute atomic E-state index is 0.0302. The highest BCUT2D eigenvalue weighted by molar-refractivity contribution is 5.95. The van der Waals surface area contributed by atoms with Gasteiger partial charge in [-0.1, -0.05) is 43.2 Å². The monoisotopic (exact) mass is 406 g/mol. The van der Waals surface area contributed by atoms with E-state index in [1.165, 1.54) is 12.8 Å². The van der Waals surface area contributed by atoms with E-state index in [2.05, 4.69) is 5.32 Å². The van der Waals surface area contributed by atoms with Crippen LogP contribution >= 0.6 is 0 Å². The first-order valence-electron chi connectivity index (χ1n) is 11.0. The summed E-state index contributed by atoms with van der Waals surface area (Å²) in [5.74, 6) is 1.06. The Morgan fingerprint density at radius 1 is 0.933 bits per heavy atom. The summed E-state index contributed by atoms with van der Waals surface area (Å²) in [4.78, 5) is 27.3. The molecule has 1 aliphatic carbocycles. The van der Waals surface area contributed by atoms with Crippen LogP contribution < -0.4 is 10.1 Å². The molecule has 30 heavy (non-hydrogen) atoms. The van der Waals surface area contributed by atoms with Gasteiger partial charge in [-0.05, 0) is 49.4 Å². The third kappa shape index (κ3) is 4.50. The van der Waals surface area contributed by atoms with Crippen molar-refractivity contribution in [1.29, 1.82) is 0 Å². The van der Waals surface area contributed by atoms with Crippen LogP contribution in [0.3, 0.4) is 0 Å². The molecule has 0 unspecified atom stereocenters. The summed E-state index contributed by atoms with van der Waals surface area (Å²) in [6.07, 6.45) is 6.12. The van der Waals surface area contributed by atoms with Crippen LogP contribution in [-0.4, -0.2) is 43.0 Å². The number of nitrogens with one attached hydrogen (secondary N) is 1. The molecule has 1 saturated carbocycles. The highest BCUT2D eigenvalue weighted by Gasteiger charge is 2.29. The standard InChI is InChI=1S/C25H30N2O3/c1-30-23-9-5-4-8-22(23)18-10-12-20(13-11-18)25(29)27-16-14-19(15-17-27)24(28)26-21-6-2-3-7-21/h4-5,8-13,19,21H,2-3,6-7,14-17H2,1H3,(H,26,28). The number of piperidine rings is 1. The molecule has 1 heterocycles. The summed E-state index contributed by atoms with van der Waals surface area (Å²) in [5, 5.41) is 3.20. The smallest absolute Gasteiger partial charge is 0.253 e. The van der Waals surface area contributed by atoms with Gasteiger partial charge in [0.15, 0.2) is 0 Å². The first-order chi connectivity index (χ1) is 14.7. The molecule has 1 N–H and O–H groups in total. The van der Waals surface area contributed by atoms with Crippen molar-refractivity contribution in [3.8, 4) is 16.9 Å². The third-order valence-corrected chi connectivity index (χ3v) is 6.40. The van der Waals surface area contributed by atoms with Gasteiger partial charge in [0.05, 0.1) is 7.11 Å². The van der Waals surface area contributed by atoms with Crippen LogP contribution in [0.15, 0.2) is 48.5 Å². The number of hydrogen-bond acceptors (Lipinski definition) is 3. The van der Waals surface area contributed by atoms with Gasteiger partial charge in [-0.25, -0.2) is 0 Å². The van der Waals surface area contributed by atoms with E-state index in [1.807, 2.05) is 53.4 Å². The molecule has 0 spiro atoms. The first-order valence-corrected chi connectivity index (χ1v) is 11.0. The molecule has 0 aromatic heterocycles. The molecule has 2 aromatic carbocycles. The number of rotatable bonds is 5. The lowest BCUT2D eigenvalue weighted by atomic mass is 9.94. The molecule has 2 aliphatic rings. The zero-order valence-corrected chi connectivity index (χ0v) is 17.6. The lowest BCUT2D eigenvalue weighted by Gasteiger charge is -2.32. The SMILES string of the molecule is COc1ccccc1-c1ccc(C(=O)N2CCC(C(=O)NC3CCCC3)CC2)cc1. The van der Waals surface area contributed by atoms with Gasteiger partial charge in [0, 0.05) is 36.2 Å². The Hall–Kier alpha value is -2.82. The second kappa shape index (κ2) is 9.33. The summed E-state index contributed by atoms with van der Waals surface area (Å²) in [6.45, 7) is 1.27. The quantitative estimate of drug-likeness (QED) is 0.807. The molecule has 1 saturated heterocycles. The number of ether oxygens (including phenoxy) is 1. The largest absolute Gasteiger partial charge is 0.496 e. The lowest BCUT2D eigenvalue weighted by molar-refractivity contribution is -0.127. The van der Waals surface area contributed by atoms with Gasteiger partial charge in [0.25, 0.3) is 5.91 Å². The number of hydrogen-bond donors (Lipinski definition) is 1. The second-order valence-corrected chi connectivity index (χ2v) is 8.33. The Morgan fingerprint density at radius 2 is 1.60 bits per heavy atom. The molecule has 5 heteroatoms. The molecule has 158 valence electrons. The minimum Gasteiger partial charge on any atom is -0.496 e. The van der Waals surface area contributed by atoms with Crippen molar-refractivity contribution < 1.29 is 14.3 Å². The molecule has 0 bridgehead atoms. The summed E-state index contributed by atoms with van der Waals surface area (Å²) < 4.78 is 5.44. The number of carbonyl (C=O) groups excluding carboxylic acids is 2. The van der Waals surface area contributed by atoms with E-state index in [-0.39, 0.29) is 17.7 Å². The van der Waals surface area contributed by atoms with E-state index >= 15 is 0 Å². The minimum atomic E-state index is 0.0302. The first kappa shape index (κ1) is 20.5. The van der Waals surface area contributed by atoms with Crippen molar-refractivity contribution in [2.24, 2.45) is 5.92 Å². The maximum atomic E-state index is 12.9. The van der Waals surface area contributed by atoms with E-state index in [0.29, 0.717) is 24.7 Å². The Bertz CT molecular complexity index is 880. The van der Waals surface area contributed by atoms with E-state index in [1.54, 1.807) is 7.11 Å². The Kier molecular flexibility index (Phi) is 6.36. The number of nitrogens with zero attached hydrogens (tertiary/aromatic N) is 1. The average molecular weight is 407 g/mol. The summed E-state index contributed by atoms with van der Waals surface area (Å²) in [6, 6.07) is 15.9. The van der Waals surface area contributed by atoms with Crippen molar-refractivity contribution in [2.75, 3.05) is 20.2 Å². The molecule has 2 amide bonds. The van der Waals surface area contributed by atoms with Crippen LogP contribution in [0.1, 0.15) is 48.9 Å². The van der Waals surface area contributed by atoms with Gasteiger partial charge in [-0.3, -0.25) is 9.59 Å². The molecular formula is C25H30N2O3. The van der Waals surface area contributed by atoms with Gasteiger partial charge in [0.2, 0.25) is 5.91 Å². The van der Waals surface area contributed by atoms with Crippen molar-refractivity contribution in [3.63, 3.8) is 0 Å². The second-order valence-electron chi connectivity index (χ2n) is 8.33. The fraction of sp³-hybridized carbons (Fsp3) is 0.440. The van der Waals surface area contributed by atoms with Crippen LogP contribution in [-0.2, 0) is 4.79 Å². The Morgan fingerprint density at radius 3 is 2.27 bits per heavy atom. The average Bonchev–Trinajstić information content (AvgIpc) is 3.32. The highest BCUT2D eigenvalue weighted by atomic mass is 16.5. The molecule has 4 rings (SSSR count). The van der Waals surface area contributed by atoms with E-state index in [9.17, 15) is 9.59 Å². The molecule has 1 aliphatic heterocycles. The van der Waals surface area contributed by atoms with Gasteiger partial charge < -0.3 is 15.0 Å². The van der Waals surface area contributed by atoms with Crippen molar-refractivity contribution >= 4 is 11.8 Å². The number of methoxy groups -OCH3 is 1. The lowest BCUT2D eigenvalue weighted by Crippen LogP contribution is -2.44. The van der Waals surface area contributed by atoms with Crippen molar-refractivity contribution in [3.05, 3.63) is 54.1 Å². The van der Waals surface area contributed by atoms with E-state index in [0.717, 1.165) is 42.6 Å². The normalized spacial score (nSPS) is 17.7. The maximum absolute atomic E-state index is 12.9. The van der Waals surface area contributed by atoms with E-state index in [4.69, 9.17) is 4.74 Å². The van der Waals surface area contributed by atoms with Gasteiger partial charge >= 0.3 is 0 Å². The fourth-order valence-electron chi connectivity index (χ4n) is 4.59. The van der Waals surface area contributed by atoms with Crippen LogP contribution in [0.25, 0.3) is 11.1 Å². The summed E-state index contributed by atoms with van der Waals surface area (Å²) in [7, 11) is 1.66. The summed E-state index contributed by atoms with van der Waals surface area (Å²) in [5.41, 5.74) is 2.71. The zero-order chi connectivity index (χ0) is 20.9. The van der Waals surface area contributed by atoms with Crippen LogP contribution in [0.5, 0.6) is 5.75 Å². The van der Waals surface area contributed by atoms with Crippen molar-refractivity contribution in [2.45, 2.75) is 44.6 Å². The van der Waals surface area contributed by atoms with Crippen LogP contribution in [0, 0.1) is 5.92 Å². The molecule has 0 atom stereocenters. The van der Waals surface area contributed by atoms with Gasteiger partial charge in [-0.2, -0.15) is 0 Å². The third-order valence-electron chi connectivity index (χ3n) is 6.40. The van der Waals surface area contributed by atoms with Crippen LogP contribution in [0.2, 0.25) is 0 Å².